The van der Waals surface area contributed by atoms with Crippen LogP contribution in [0.25, 0.3) is 10.9 Å². The molecular formula is C13H13NO2. The van der Waals surface area contributed by atoms with Crippen LogP contribution in [0.15, 0.2) is 29.2 Å². The number of pyridine rings is 1. The fourth-order valence-corrected chi connectivity index (χ4v) is 1.75. The second-order valence-electron chi connectivity index (χ2n) is 3.82. The van der Waals surface area contributed by atoms with Crippen LogP contribution in [0.4, 0.5) is 0 Å². The number of aromatic amines is 1. The Bertz CT molecular complexity index is 611. The zero-order valence-corrected chi connectivity index (χ0v) is 9.33. The van der Waals surface area contributed by atoms with Gasteiger partial charge in [0, 0.05) is 17.1 Å². The minimum atomic E-state index is -0.206. The summed E-state index contributed by atoms with van der Waals surface area (Å²) in [6.07, 6.45) is 2.42. The van der Waals surface area contributed by atoms with E-state index in [-0.39, 0.29) is 16.8 Å². The number of hydrogen-bond donors (Lipinski definition) is 1. The lowest BCUT2D eigenvalue weighted by Crippen LogP contribution is -2.13. The van der Waals surface area contributed by atoms with Crippen molar-refractivity contribution in [2.75, 3.05) is 0 Å². The van der Waals surface area contributed by atoms with Gasteiger partial charge in [0.1, 0.15) is 0 Å². The first kappa shape index (κ1) is 10.6. The molecule has 0 aliphatic carbocycles. The lowest BCUT2D eigenvalue weighted by atomic mass is 10.1. The van der Waals surface area contributed by atoms with Crippen LogP contribution in [0.3, 0.4) is 0 Å². The predicted molar refractivity (Wildman–Crippen MR) is 64.0 cm³/mol. The van der Waals surface area contributed by atoms with Crippen LogP contribution in [0.5, 0.6) is 0 Å². The van der Waals surface area contributed by atoms with Gasteiger partial charge in [0.05, 0.1) is 5.56 Å². The summed E-state index contributed by atoms with van der Waals surface area (Å²) in [7, 11) is 0. The van der Waals surface area contributed by atoms with Gasteiger partial charge in [-0.25, -0.2) is 0 Å². The molecule has 2 rings (SSSR count). The van der Waals surface area contributed by atoms with Crippen molar-refractivity contribution < 1.29 is 4.79 Å². The molecule has 2 aromatic rings. The standard InChI is InChI=1S/C13H13NO2/c1-3-9-4-5-10-12(6-9)14-7-11(8(2)15)13(10)16/h4-7H,3H2,1-2H3,(H,14,16). The van der Waals surface area contributed by atoms with Crippen molar-refractivity contribution in [1.82, 2.24) is 4.98 Å². The lowest BCUT2D eigenvalue weighted by Gasteiger charge is -2.02. The molecule has 0 spiro atoms. The Labute approximate surface area is 93.1 Å². The van der Waals surface area contributed by atoms with Crippen molar-refractivity contribution >= 4 is 16.7 Å². The molecule has 0 bridgehead atoms. The van der Waals surface area contributed by atoms with Crippen molar-refractivity contribution in [1.29, 1.82) is 0 Å². The average Bonchev–Trinajstić information content (AvgIpc) is 2.28. The molecule has 0 fully saturated rings. The van der Waals surface area contributed by atoms with E-state index in [0.29, 0.717) is 5.39 Å². The van der Waals surface area contributed by atoms with E-state index < -0.39 is 0 Å². The molecule has 0 atom stereocenters. The van der Waals surface area contributed by atoms with E-state index in [1.807, 2.05) is 12.1 Å². The highest BCUT2D eigenvalue weighted by atomic mass is 16.1. The smallest absolute Gasteiger partial charge is 0.200 e. The molecule has 16 heavy (non-hydrogen) atoms. The molecule has 3 heteroatoms. The maximum atomic E-state index is 11.9. The fourth-order valence-electron chi connectivity index (χ4n) is 1.75. The van der Waals surface area contributed by atoms with Crippen LogP contribution in [0.2, 0.25) is 0 Å². The van der Waals surface area contributed by atoms with Crippen molar-refractivity contribution in [3.05, 3.63) is 45.7 Å². The third-order valence-electron chi connectivity index (χ3n) is 2.73. The molecule has 82 valence electrons. The number of rotatable bonds is 2. The topological polar surface area (TPSA) is 49.9 Å². The van der Waals surface area contributed by atoms with Crippen LogP contribution in [0, 0.1) is 0 Å². The van der Waals surface area contributed by atoms with Gasteiger partial charge in [-0.1, -0.05) is 13.0 Å². The number of carbonyl (C=O) groups is 1. The van der Waals surface area contributed by atoms with Crippen LogP contribution in [-0.4, -0.2) is 10.8 Å². The van der Waals surface area contributed by atoms with Crippen LogP contribution in [0.1, 0.15) is 29.8 Å². The molecule has 0 aliphatic heterocycles. The van der Waals surface area contributed by atoms with Crippen molar-refractivity contribution in [3.8, 4) is 0 Å². The molecule has 1 N–H and O–H groups in total. The Hall–Kier alpha value is -1.90. The predicted octanol–water partition coefficient (Wildman–Crippen LogP) is 2.29. The van der Waals surface area contributed by atoms with E-state index >= 15 is 0 Å². The number of H-pyrrole nitrogens is 1. The molecule has 0 radical (unpaired) electrons. The van der Waals surface area contributed by atoms with Crippen molar-refractivity contribution in [2.45, 2.75) is 20.3 Å². The first-order valence-electron chi connectivity index (χ1n) is 5.28. The number of fused-ring (bicyclic) bond motifs is 1. The molecule has 3 nitrogen and oxygen atoms in total. The Balaban J connectivity index is 2.77. The van der Waals surface area contributed by atoms with Gasteiger partial charge in [-0.05, 0) is 31.0 Å². The maximum absolute atomic E-state index is 11.9. The quantitative estimate of drug-likeness (QED) is 0.781. The Morgan fingerprint density at radius 1 is 1.38 bits per heavy atom. The number of ketones is 1. The number of nitrogens with one attached hydrogen (secondary N) is 1. The third kappa shape index (κ3) is 1.65. The van der Waals surface area contributed by atoms with Gasteiger partial charge in [-0.15, -0.1) is 0 Å². The molecule has 1 aromatic carbocycles. The van der Waals surface area contributed by atoms with E-state index in [9.17, 15) is 9.59 Å². The highest BCUT2D eigenvalue weighted by molar-refractivity contribution is 5.97. The number of hydrogen-bond acceptors (Lipinski definition) is 2. The molecule has 0 aliphatic rings. The first-order valence-corrected chi connectivity index (χ1v) is 5.28. The Morgan fingerprint density at radius 2 is 2.12 bits per heavy atom. The summed E-state index contributed by atoms with van der Waals surface area (Å²) in [5.74, 6) is -0.206. The number of aryl methyl sites for hydroxylation is 1. The lowest BCUT2D eigenvalue weighted by molar-refractivity contribution is 0.101. The SMILES string of the molecule is CCc1ccc2c(=O)c(C(C)=O)c[nH]c2c1. The van der Waals surface area contributed by atoms with E-state index in [0.717, 1.165) is 11.9 Å². The van der Waals surface area contributed by atoms with E-state index in [1.54, 1.807) is 6.07 Å². The van der Waals surface area contributed by atoms with Gasteiger partial charge >= 0.3 is 0 Å². The van der Waals surface area contributed by atoms with Gasteiger partial charge in [0.25, 0.3) is 0 Å². The Kier molecular flexibility index (Phi) is 2.60. The van der Waals surface area contributed by atoms with E-state index in [2.05, 4.69) is 11.9 Å². The summed E-state index contributed by atoms with van der Waals surface area (Å²) in [6, 6.07) is 5.64. The number of benzene rings is 1. The Morgan fingerprint density at radius 3 is 2.75 bits per heavy atom. The summed E-state index contributed by atoms with van der Waals surface area (Å²) < 4.78 is 0. The summed E-state index contributed by atoms with van der Waals surface area (Å²) >= 11 is 0. The normalized spacial score (nSPS) is 10.6. The molecule has 0 unspecified atom stereocenters. The van der Waals surface area contributed by atoms with E-state index in [4.69, 9.17) is 0 Å². The molecule has 0 amide bonds. The molecular weight excluding hydrogens is 202 g/mol. The highest BCUT2D eigenvalue weighted by Crippen LogP contribution is 2.11. The van der Waals surface area contributed by atoms with Gasteiger partial charge in [-0.2, -0.15) is 0 Å². The van der Waals surface area contributed by atoms with Gasteiger partial charge in [0.15, 0.2) is 11.2 Å². The maximum Gasteiger partial charge on any atom is 0.200 e. The number of aromatic nitrogens is 1. The largest absolute Gasteiger partial charge is 0.360 e. The zero-order valence-electron chi connectivity index (χ0n) is 9.33. The monoisotopic (exact) mass is 215 g/mol. The van der Waals surface area contributed by atoms with Crippen LogP contribution in [-0.2, 0) is 6.42 Å². The molecule has 1 aromatic heterocycles. The van der Waals surface area contributed by atoms with Crippen molar-refractivity contribution in [2.24, 2.45) is 0 Å². The molecule has 0 saturated heterocycles. The molecule has 0 saturated carbocycles. The van der Waals surface area contributed by atoms with Crippen LogP contribution >= 0.6 is 0 Å². The fraction of sp³-hybridized carbons (Fsp3) is 0.231. The number of carbonyl (C=O) groups excluding carboxylic acids is 1. The second kappa shape index (κ2) is 3.93. The van der Waals surface area contributed by atoms with Crippen molar-refractivity contribution in [3.63, 3.8) is 0 Å². The first-order chi connectivity index (χ1) is 7.63. The van der Waals surface area contributed by atoms with Gasteiger partial charge < -0.3 is 4.98 Å². The minimum absolute atomic E-state index is 0.191. The second-order valence-corrected chi connectivity index (χ2v) is 3.82. The molecule has 1 heterocycles. The van der Waals surface area contributed by atoms with E-state index in [1.165, 1.54) is 18.7 Å². The minimum Gasteiger partial charge on any atom is -0.360 e. The summed E-state index contributed by atoms with van der Waals surface area (Å²) in [4.78, 5) is 26.1. The summed E-state index contributed by atoms with van der Waals surface area (Å²) in [6.45, 7) is 3.46. The van der Waals surface area contributed by atoms with Gasteiger partial charge in [-0.3, -0.25) is 9.59 Å². The zero-order chi connectivity index (χ0) is 11.7. The van der Waals surface area contributed by atoms with Gasteiger partial charge in [0.2, 0.25) is 0 Å². The third-order valence-corrected chi connectivity index (χ3v) is 2.73. The summed E-state index contributed by atoms with van der Waals surface area (Å²) in [5, 5.41) is 0.574. The van der Waals surface area contributed by atoms with Crippen LogP contribution < -0.4 is 5.43 Å². The highest BCUT2D eigenvalue weighted by Gasteiger charge is 2.08. The average molecular weight is 215 g/mol. The number of Topliss-reactive ketones (excluding diaryl/α,β-unsaturated/α-hetero) is 1. The summed E-state index contributed by atoms with van der Waals surface area (Å²) in [5.41, 5.74) is 1.98.